The van der Waals surface area contributed by atoms with E-state index in [9.17, 15) is 12.8 Å². The van der Waals surface area contributed by atoms with Gasteiger partial charge in [-0.2, -0.15) is 4.31 Å². The van der Waals surface area contributed by atoms with E-state index in [1.54, 1.807) is 18.2 Å². The van der Waals surface area contributed by atoms with E-state index in [-0.39, 0.29) is 15.7 Å². The molecule has 5 nitrogen and oxygen atoms in total. The van der Waals surface area contributed by atoms with Crippen molar-refractivity contribution in [2.45, 2.75) is 11.4 Å². The van der Waals surface area contributed by atoms with Gasteiger partial charge in [0.25, 0.3) is 0 Å². The van der Waals surface area contributed by atoms with Gasteiger partial charge in [-0.3, -0.25) is 4.90 Å². The quantitative estimate of drug-likeness (QED) is 0.658. The highest BCUT2D eigenvalue weighted by Crippen LogP contribution is 2.28. The number of nitrogens with zero attached hydrogens (tertiary/aromatic N) is 2. The molecule has 146 valence electrons. The lowest BCUT2D eigenvalue weighted by atomic mass is 10.2. The number of ether oxygens (including phenoxy) is 1. The molecule has 0 atom stereocenters. The SMILES string of the molecule is COc1ccc(CN2CCN(S(=O)(=O)c3ccc(Br)cc3Cl)CC2)cc1F. The van der Waals surface area contributed by atoms with Crippen LogP contribution in [0.25, 0.3) is 0 Å². The van der Waals surface area contributed by atoms with Crippen molar-refractivity contribution < 1.29 is 17.5 Å². The predicted molar refractivity (Wildman–Crippen MR) is 106 cm³/mol. The Balaban J connectivity index is 1.65. The molecule has 2 aromatic rings. The molecule has 27 heavy (non-hydrogen) atoms. The Morgan fingerprint density at radius 2 is 1.85 bits per heavy atom. The second-order valence-corrected chi connectivity index (χ2v) is 9.45. The van der Waals surface area contributed by atoms with Gasteiger partial charge in [0.2, 0.25) is 10.0 Å². The average molecular weight is 478 g/mol. The Hall–Kier alpha value is -1.19. The normalized spacial score (nSPS) is 16.4. The van der Waals surface area contributed by atoms with E-state index in [0.717, 1.165) is 10.0 Å². The molecule has 1 fully saturated rings. The molecular formula is C18H19BrClFN2O3S. The molecule has 0 N–H and O–H groups in total. The summed E-state index contributed by atoms with van der Waals surface area (Å²) in [4.78, 5) is 2.20. The molecule has 0 aromatic heterocycles. The monoisotopic (exact) mass is 476 g/mol. The van der Waals surface area contributed by atoms with E-state index in [1.807, 2.05) is 6.07 Å². The van der Waals surface area contributed by atoms with Gasteiger partial charge in [0.15, 0.2) is 11.6 Å². The molecule has 2 aromatic carbocycles. The van der Waals surface area contributed by atoms with Crippen LogP contribution in [0.1, 0.15) is 5.56 Å². The highest BCUT2D eigenvalue weighted by molar-refractivity contribution is 9.10. The molecule has 0 amide bonds. The van der Waals surface area contributed by atoms with Crippen molar-refractivity contribution in [3.63, 3.8) is 0 Å². The predicted octanol–water partition coefficient (Wildman–Crippen LogP) is 3.76. The van der Waals surface area contributed by atoms with Crippen LogP contribution >= 0.6 is 27.5 Å². The zero-order valence-electron chi connectivity index (χ0n) is 14.7. The molecule has 1 heterocycles. The minimum atomic E-state index is -3.64. The largest absolute Gasteiger partial charge is 0.494 e. The summed E-state index contributed by atoms with van der Waals surface area (Å²) in [7, 11) is -2.22. The number of piperazine rings is 1. The third-order valence-electron chi connectivity index (χ3n) is 4.47. The van der Waals surface area contributed by atoms with E-state index in [0.29, 0.717) is 32.7 Å². The molecule has 0 saturated carbocycles. The topological polar surface area (TPSA) is 49.9 Å². The maximum atomic E-state index is 13.8. The smallest absolute Gasteiger partial charge is 0.244 e. The fourth-order valence-corrected chi connectivity index (χ4v) is 5.45. The number of hydrogen-bond acceptors (Lipinski definition) is 4. The van der Waals surface area contributed by atoms with E-state index < -0.39 is 15.8 Å². The molecule has 1 aliphatic rings. The molecule has 0 aliphatic carbocycles. The molecule has 0 radical (unpaired) electrons. The second-order valence-electron chi connectivity index (χ2n) is 6.22. The van der Waals surface area contributed by atoms with Gasteiger partial charge < -0.3 is 4.74 Å². The number of halogens is 3. The summed E-state index contributed by atoms with van der Waals surface area (Å²) in [6, 6.07) is 9.60. The molecule has 9 heteroatoms. The molecule has 1 saturated heterocycles. The highest BCUT2D eigenvalue weighted by Gasteiger charge is 2.30. The van der Waals surface area contributed by atoms with Crippen molar-refractivity contribution in [1.29, 1.82) is 0 Å². The number of sulfonamides is 1. The molecular weight excluding hydrogens is 459 g/mol. The lowest BCUT2D eigenvalue weighted by Crippen LogP contribution is -2.48. The van der Waals surface area contributed by atoms with Gasteiger partial charge in [0.05, 0.1) is 12.1 Å². The van der Waals surface area contributed by atoms with Crippen molar-refractivity contribution in [2.75, 3.05) is 33.3 Å². The van der Waals surface area contributed by atoms with Gasteiger partial charge in [-0.1, -0.05) is 33.6 Å². The fourth-order valence-electron chi connectivity index (χ4n) is 3.02. The Morgan fingerprint density at radius 1 is 1.15 bits per heavy atom. The van der Waals surface area contributed by atoms with Crippen molar-refractivity contribution in [3.8, 4) is 5.75 Å². The summed E-state index contributed by atoms with van der Waals surface area (Å²) < 4.78 is 46.6. The minimum absolute atomic E-state index is 0.109. The first-order valence-corrected chi connectivity index (χ1v) is 10.9. The van der Waals surface area contributed by atoms with Crippen LogP contribution in [0.5, 0.6) is 5.75 Å². The first kappa shape index (κ1) is 20.5. The summed E-state index contributed by atoms with van der Waals surface area (Å²) >= 11 is 9.40. The molecule has 0 spiro atoms. The number of rotatable bonds is 5. The summed E-state index contributed by atoms with van der Waals surface area (Å²) in [6.07, 6.45) is 0. The van der Waals surface area contributed by atoms with E-state index in [2.05, 4.69) is 20.8 Å². The van der Waals surface area contributed by atoms with Crippen molar-refractivity contribution >= 4 is 37.6 Å². The summed E-state index contributed by atoms with van der Waals surface area (Å²) in [5, 5.41) is 0.195. The summed E-state index contributed by atoms with van der Waals surface area (Å²) in [5.41, 5.74) is 0.820. The van der Waals surface area contributed by atoms with Crippen LogP contribution in [0.4, 0.5) is 4.39 Å². The Labute approximate surface area is 171 Å². The maximum absolute atomic E-state index is 13.8. The Kier molecular flexibility index (Phi) is 6.43. The van der Waals surface area contributed by atoms with Crippen LogP contribution in [-0.2, 0) is 16.6 Å². The summed E-state index contributed by atoms with van der Waals surface area (Å²) in [6.45, 7) is 2.37. The summed E-state index contributed by atoms with van der Waals surface area (Å²) in [5.74, 6) is -0.192. The van der Waals surface area contributed by atoms with Crippen molar-refractivity contribution in [1.82, 2.24) is 9.21 Å². The van der Waals surface area contributed by atoms with Crippen LogP contribution in [0.3, 0.4) is 0 Å². The van der Waals surface area contributed by atoms with Crippen LogP contribution in [0, 0.1) is 5.82 Å². The highest BCUT2D eigenvalue weighted by atomic mass is 79.9. The van der Waals surface area contributed by atoms with Crippen LogP contribution < -0.4 is 4.74 Å². The molecule has 0 unspecified atom stereocenters. The zero-order chi connectivity index (χ0) is 19.6. The van der Waals surface area contributed by atoms with Gasteiger partial charge in [0, 0.05) is 37.2 Å². The van der Waals surface area contributed by atoms with E-state index in [4.69, 9.17) is 16.3 Å². The Morgan fingerprint density at radius 3 is 2.44 bits per heavy atom. The average Bonchev–Trinajstić information content (AvgIpc) is 2.62. The van der Waals surface area contributed by atoms with Crippen LogP contribution in [-0.4, -0.2) is 50.9 Å². The van der Waals surface area contributed by atoms with Crippen LogP contribution in [0.2, 0.25) is 5.02 Å². The second kappa shape index (κ2) is 8.45. The van der Waals surface area contributed by atoms with Gasteiger partial charge in [-0.25, -0.2) is 12.8 Å². The van der Waals surface area contributed by atoms with Gasteiger partial charge in [-0.15, -0.1) is 0 Å². The molecule has 0 bridgehead atoms. The third kappa shape index (κ3) is 4.63. The van der Waals surface area contributed by atoms with Gasteiger partial charge in [0.1, 0.15) is 4.90 Å². The number of methoxy groups -OCH3 is 1. The first-order chi connectivity index (χ1) is 12.8. The minimum Gasteiger partial charge on any atom is -0.494 e. The third-order valence-corrected chi connectivity index (χ3v) is 7.34. The van der Waals surface area contributed by atoms with E-state index >= 15 is 0 Å². The van der Waals surface area contributed by atoms with Gasteiger partial charge in [-0.05, 0) is 35.9 Å². The Bertz CT molecular complexity index is 934. The molecule has 1 aliphatic heterocycles. The number of benzene rings is 2. The fraction of sp³-hybridized carbons (Fsp3) is 0.333. The zero-order valence-corrected chi connectivity index (χ0v) is 17.8. The van der Waals surface area contributed by atoms with Gasteiger partial charge >= 0.3 is 0 Å². The van der Waals surface area contributed by atoms with Crippen LogP contribution in [0.15, 0.2) is 45.8 Å². The van der Waals surface area contributed by atoms with Crippen molar-refractivity contribution in [3.05, 3.63) is 57.3 Å². The molecule has 3 rings (SSSR count). The first-order valence-electron chi connectivity index (χ1n) is 8.31. The van der Waals surface area contributed by atoms with Crippen molar-refractivity contribution in [2.24, 2.45) is 0 Å². The lowest BCUT2D eigenvalue weighted by Gasteiger charge is -2.34. The number of hydrogen-bond donors (Lipinski definition) is 0. The lowest BCUT2D eigenvalue weighted by molar-refractivity contribution is 0.181. The standard InChI is InChI=1S/C18H19BrClFN2O3S/c1-26-17-4-2-13(10-16(17)21)12-22-6-8-23(9-7-22)27(24,25)18-5-3-14(19)11-15(18)20/h2-5,10-11H,6-9,12H2,1H3. The van der Waals surface area contributed by atoms with E-state index in [1.165, 1.54) is 23.5 Å². The maximum Gasteiger partial charge on any atom is 0.244 e.